The predicted octanol–water partition coefficient (Wildman–Crippen LogP) is 1.36. The highest BCUT2D eigenvalue weighted by molar-refractivity contribution is 5.78. The smallest absolute Gasteiger partial charge is 0.236 e. The lowest BCUT2D eigenvalue weighted by Gasteiger charge is -2.36. The summed E-state index contributed by atoms with van der Waals surface area (Å²) < 4.78 is 5.51. The maximum Gasteiger partial charge on any atom is 0.236 e. The van der Waals surface area contributed by atoms with Crippen LogP contribution in [0, 0.1) is 6.92 Å². The van der Waals surface area contributed by atoms with Crippen molar-refractivity contribution in [1.82, 2.24) is 9.80 Å². The van der Waals surface area contributed by atoms with Crippen LogP contribution in [0.5, 0.6) is 0 Å². The Labute approximate surface area is 120 Å². The van der Waals surface area contributed by atoms with Crippen molar-refractivity contribution in [2.24, 2.45) is 5.73 Å². The maximum atomic E-state index is 12.3. The molecule has 0 aromatic carbocycles. The maximum absolute atomic E-state index is 12.3. The van der Waals surface area contributed by atoms with Crippen molar-refractivity contribution in [3.8, 4) is 0 Å². The summed E-state index contributed by atoms with van der Waals surface area (Å²) in [4.78, 5) is 16.2. The number of carbonyl (C=O) groups excluding carboxylic acids is 1. The van der Waals surface area contributed by atoms with Gasteiger partial charge in [-0.25, -0.2) is 0 Å². The van der Waals surface area contributed by atoms with Crippen LogP contribution in [0.4, 0.5) is 0 Å². The number of likely N-dealkylation sites (N-methyl/N-ethyl adjacent to an activating group) is 1. The van der Waals surface area contributed by atoms with Crippen LogP contribution in [0.2, 0.25) is 0 Å². The minimum atomic E-state index is 0.126. The molecule has 0 radical (unpaired) electrons. The van der Waals surface area contributed by atoms with Crippen molar-refractivity contribution >= 4 is 5.91 Å². The Balaban J connectivity index is 1.84. The number of hydrogen-bond donors (Lipinski definition) is 1. The van der Waals surface area contributed by atoms with Gasteiger partial charge in [0, 0.05) is 25.7 Å². The van der Waals surface area contributed by atoms with Gasteiger partial charge < -0.3 is 15.1 Å². The number of piperidine rings is 1. The van der Waals surface area contributed by atoms with Crippen molar-refractivity contribution in [3.05, 3.63) is 23.7 Å². The van der Waals surface area contributed by atoms with Gasteiger partial charge >= 0.3 is 0 Å². The van der Waals surface area contributed by atoms with E-state index in [9.17, 15) is 4.79 Å². The van der Waals surface area contributed by atoms with Crippen molar-refractivity contribution in [2.45, 2.75) is 45.3 Å². The first-order chi connectivity index (χ1) is 9.45. The molecule has 5 nitrogen and oxygen atoms in total. The van der Waals surface area contributed by atoms with Crippen molar-refractivity contribution in [3.63, 3.8) is 0 Å². The summed E-state index contributed by atoms with van der Waals surface area (Å²) in [6.45, 7) is 5.94. The number of rotatable bonds is 4. The van der Waals surface area contributed by atoms with E-state index < -0.39 is 0 Å². The molecule has 112 valence electrons. The molecule has 1 saturated heterocycles. The summed E-state index contributed by atoms with van der Waals surface area (Å²) in [6, 6.07) is 4.49. The molecule has 2 N–H and O–H groups in total. The molecular formula is C15H25N3O2. The van der Waals surface area contributed by atoms with E-state index in [0.717, 1.165) is 30.9 Å². The number of hydrogen-bond acceptors (Lipinski definition) is 4. The molecule has 1 aromatic rings. The van der Waals surface area contributed by atoms with Gasteiger partial charge in [-0.3, -0.25) is 9.69 Å². The first kappa shape index (κ1) is 15.1. The van der Waals surface area contributed by atoms with E-state index in [4.69, 9.17) is 10.2 Å². The second-order valence-electron chi connectivity index (χ2n) is 5.87. The molecule has 2 rings (SSSR count). The molecule has 1 fully saturated rings. The topological polar surface area (TPSA) is 62.7 Å². The normalized spacial score (nSPS) is 23.8. The SMILES string of the molecule is Cc1ccc(CN(C)C(=O)CN2CCC(N)CC2C)o1. The van der Waals surface area contributed by atoms with E-state index in [1.807, 2.05) is 26.1 Å². The lowest BCUT2D eigenvalue weighted by molar-refractivity contribution is -0.132. The van der Waals surface area contributed by atoms with Gasteiger partial charge in [0.25, 0.3) is 0 Å². The number of furan rings is 1. The fourth-order valence-electron chi connectivity index (χ4n) is 2.68. The van der Waals surface area contributed by atoms with E-state index in [1.54, 1.807) is 4.90 Å². The molecule has 5 heteroatoms. The molecular weight excluding hydrogens is 254 g/mol. The average molecular weight is 279 g/mol. The van der Waals surface area contributed by atoms with Gasteiger partial charge in [0.05, 0.1) is 13.1 Å². The third-order valence-electron chi connectivity index (χ3n) is 4.01. The van der Waals surface area contributed by atoms with Gasteiger partial charge in [-0.05, 0) is 38.8 Å². The molecule has 0 spiro atoms. The average Bonchev–Trinajstić information content (AvgIpc) is 2.78. The number of nitrogens with zero attached hydrogens (tertiary/aromatic N) is 2. The Hall–Kier alpha value is -1.33. The number of likely N-dealkylation sites (tertiary alicyclic amines) is 1. The number of nitrogens with two attached hydrogens (primary N) is 1. The van der Waals surface area contributed by atoms with Crippen molar-refractivity contribution in [2.75, 3.05) is 20.1 Å². The summed E-state index contributed by atoms with van der Waals surface area (Å²) in [6.07, 6.45) is 1.94. The molecule has 1 aliphatic rings. The second-order valence-corrected chi connectivity index (χ2v) is 5.87. The minimum Gasteiger partial charge on any atom is -0.464 e. The largest absolute Gasteiger partial charge is 0.464 e. The summed E-state index contributed by atoms with van der Waals surface area (Å²) >= 11 is 0. The van der Waals surface area contributed by atoms with Crippen LogP contribution in [0.1, 0.15) is 31.3 Å². The summed E-state index contributed by atoms with van der Waals surface area (Å²) in [5.41, 5.74) is 5.95. The van der Waals surface area contributed by atoms with Gasteiger partial charge in [0.2, 0.25) is 5.91 Å². The molecule has 0 saturated carbocycles. The van der Waals surface area contributed by atoms with Crippen molar-refractivity contribution in [1.29, 1.82) is 0 Å². The summed E-state index contributed by atoms with van der Waals surface area (Å²) in [5, 5.41) is 0. The van der Waals surface area contributed by atoms with Gasteiger partial charge in [0.15, 0.2) is 0 Å². The van der Waals surface area contributed by atoms with E-state index in [2.05, 4.69) is 11.8 Å². The summed E-state index contributed by atoms with van der Waals surface area (Å²) in [7, 11) is 1.82. The molecule has 2 heterocycles. The Kier molecular flexibility index (Phi) is 4.83. The molecule has 2 atom stereocenters. The van der Waals surface area contributed by atoms with Gasteiger partial charge in [-0.1, -0.05) is 0 Å². The number of carbonyl (C=O) groups is 1. The van der Waals surface area contributed by atoms with E-state index in [1.165, 1.54) is 0 Å². The second kappa shape index (κ2) is 6.41. The van der Waals surface area contributed by atoms with E-state index in [0.29, 0.717) is 19.1 Å². The quantitative estimate of drug-likeness (QED) is 0.904. The molecule has 1 aliphatic heterocycles. The molecule has 20 heavy (non-hydrogen) atoms. The lowest BCUT2D eigenvalue weighted by Crippen LogP contribution is -2.49. The number of amides is 1. The molecule has 2 unspecified atom stereocenters. The highest BCUT2D eigenvalue weighted by Crippen LogP contribution is 2.16. The van der Waals surface area contributed by atoms with Crippen LogP contribution in [0.15, 0.2) is 16.5 Å². The fourth-order valence-corrected chi connectivity index (χ4v) is 2.68. The van der Waals surface area contributed by atoms with E-state index >= 15 is 0 Å². The molecule has 1 aromatic heterocycles. The Morgan fingerprint density at radius 1 is 1.55 bits per heavy atom. The van der Waals surface area contributed by atoms with E-state index in [-0.39, 0.29) is 11.9 Å². The zero-order chi connectivity index (χ0) is 14.7. The Morgan fingerprint density at radius 3 is 2.90 bits per heavy atom. The third kappa shape index (κ3) is 3.84. The minimum absolute atomic E-state index is 0.126. The molecule has 0 bridgehead atoms. The number of aryl methyl sites for hydroxylation is 1. The first-order valence-electron chi connectivity index (χ1n) is 7.24. The van der Waals surface area contributed by atoms with Crippen LogP contribution >= 0.6 is 0 Å². The fraction of sp³-hybridized carbons (Fsp3) is 0.667. The first-order valence-corrected chi connectivity index (χ1v) is 7.24. The van der Waals surface area contributed by atoms with Gasteiger partial charge in [-0.15, -0.1) is 0 Å². The third-order valence-corrected chi connectivity index (χ3v) is 4.01. The monoisotopic (exact) mass is 279 g/mol. The predicted molar refractivity (Wildman–Crippen MR) is 78.2 cm³/mol. The zero-order valence-electron chi connectivity index (χ0n) is 12.6. The van der Waals surface area contributed by atoms with Gasteiger partial charge in [-0.2, -0.15) is 0 Å². The standard InChI is InChI=1S/C15H25N3O2/c1-11-8-13(16)6-7-18(11)10-15(19)17(3)9-14-5-4-12(2)20-14/h4-5,11,13H,6-10,16H2,1-3H3. The highest BCUT2D eigenvalue weighted by atomic mass is 16.3. The Bertz CT molecular complexity index is 458. The van der Waals surface area contributed by atoms with Crippen LogP contribution in [0.3, 0.4) is 0 Å². The van der Waals surface area contributed by atoms with Crippen LogP contribution in [-0.2, 0) is 11.3 Å². The molecule has 0 aliphatic carbocycles. The molecule has 1 amide bonds. The van der Waals surface area contributed by atoms with Gasteiger partial charge in [0.1, 0.15) is 11.5 Å². The zero-order valence-corrected chi connectivity index (χ0v) is 12.6. The van der Waals surface area contributed by atoms with Crippen LogP contribution < -0.4 is 5.73 Å². The van der Waals surface area contributed by atoms with Crippen LogP contribution in [-0.4, -0.2) is 47.9 Å². The summed E-state index contributed by atoms with van der Waals surface area (Å²) in [5.74, 6) is 1.83. The lowest BCUT2D eigenvalue weighted by atomic mass is 9.99. The van der Waals surface area contributed by atoms with Crippen molar-refractivity contribution < 1.29 is 9.21 Å². The highest BCUT2D eigenvalue weighted by Gasteiger charge is 2.25. The van der Waals surface area contributed by atoms with Crippen LogP contribution in [0.25, 0.3) is 0 Å². The Morgan fingerprint density at radius 2 is 2.30 bits per heavy atom.